The van der Waals surface area contributed by atoms with Gasteiger partial charge in [0.1, 0.15) is 0 Å². The quantitative estimate of drug-likeness (QED) is 0.784. The van der Waals surface area contributed by atoms with Crippen LogP contribution in [0.5, 0.6) is 0 Å². The number of ether oxygens (including phenoxy) is 1. The van der Waals surface area contributed by atoms with Crippen LogP contribution in [0.1, 0.15) is 5.56 Å². The maximum atomic E-state index is 12.3. The van der Waals surface area contributed by atoms with Gasteiger partial charge in [0.25, 0.3) is 0 Å². The van der Waals surface area contributed by atoms with Crippen molar-refractivity contribution in [1.29, 1.82) is 0 Å². The van der Waals surface area contributed by atoms with Crippen molar-refractivity contribution in [2.45, 2.75) is 18.0 Å². The number of alkyl halides is 3. The minimum atomic E-state index is -4.63. The second-order valence-electron chi connectivity index (χ2n) is 3.29. The standard InChI is InChI=1S/C11H11F3O2S/c1-8-3-5-9(6-4-8)17(15)7-10(16-2)11(12,13)14/h3-7H,1-2H3/b10-7+. The SMILES string of the molecule is CO/C(=C/S(=O)c1ccc(C)cc1)C(F)(F)F. The van der Waals surface area contributed by atoms with E-state index in [-0.39, 0.29) is 0 Å². The van der Waals surface area contributed by atoms with Crippen molar-refractivity contribution in [3.63, 3.8) is 0 Å². The molecule has 0 aliphatic carbocycles. The molecule has 0 aromatic heterocycles. The van der Waals surface area contributed by atoms with Gasteiger partial charge in [-0.15, -0.1) is 0 Å². The van der Waals surface area contributed by atoms with Crippen molar-refractivity contribution >= 4 is 10.8 Å². The number of benzene rings is 1. The van der Waals surface area contributed by atoms with Crippen molar-refractivity contribution in [2.75, 3.05) is 7.11 Å². The van der Waals surface area contributed by atoms with E-state index in [1.54, 1.807) is 12.1 Å². The van der Waals surface area contributed by atoms with Gasteiger partial charge >= 0.3 is 6.18 Å². The fourth-order valence-electron chi connectivity index (χ4n) is 1.07. The van der Waals surface area contributed by atoms with Gasteiger partial charge in [-0.2, -0.15) is 13.2 Å². The fourth-order valence-corrected chi connectivity index (χ4v) is 2.03. The lowest BCUT2D eigenvalue weighted by Crippen LogP contribution is -2.14. The van der Waals surface area contributed by atoms with Crippen LogP contribution in [0.15, 0.2) is 40.3 Å². The summed E-state index contributed by atoms with van der Waals surface area (Å²) in [6.07, 6.45) is -4.63. The van der Waals surface area contributed by atoms with Crippen LogP contribution in [0.3, 0.4) is 0 Å². The molecule has 0 fully saturated rings. The molecule has 1 aromatic rings. The van der Waals surface area contributed by atoms with Gasteiger partial charge in [0, 0.05) is 4.90 Å². The van der Waals surface area contributed by atoms with Gasteiger partial charge in [-0.05, 0) is 19.1 Å². The highest BCUT2D eigenvalue weighted by molar-refractivity contribution is 7.88. The van der Waals surface area contributed by atoms with Gasteiger partial charge in [-0.25, -0.2) is 4.21 Å². The molecule has 0 saturated carbocycles. The van der Waals surface area contributed by atoms with Crippen molar-refractivity contribution in [3.8, 4) is 0 Å². The molecule has 17 heavy (non-hydrogen) atoms. The van der Waals surface area contributed by atoms with Crippen LogP contribution in [0.2, 0.25) is 0 Å². The number of hydrogen-bond acceptors (Lipinski definition) is 2. The molecule has 0 amide bonds. The molecule has 1 atom stereocenters. The summed E-state index contributed by atoms with van der Waals surface area (Å²) in [6, 6.07) is 6.40. The molecule has 1 unspecified atom stereocenters. The Morgan fingerprint density at radius 1 is 1.29 bits per heavy atom. The molecular weight excluding hydrogens is 253 g/mol. The van der Waals surface area contributed by atoms with Gasteiger partial charge in [-0.1, -0.05) is 17.7 Å². The molecule has 0 aliphatic heterocycles. The van der Waals surface area contributed by atoms with Crippen LogP contribution < -0.4 is 0 Å². The molecule has 0 radical (unpaired) electrons. The number of halogens is 3. The van der Waals surface area contributed by atoms with Gasteiger partial charge in [0.2, 0.25) is 5.76 Å². The normalized spacial score (nSPS) is 14.5. The largest absolute Gasteiger partial charge is 0.492 e. The number of aryl methyl sites for hydroxylation is 1. The molecule has 0 aliphatic rings. The van der Waals surface area contributed by atoms with Gasteiger partial charge in [0.05, 0.1) is 23.3 Å². The second-order valence-corrected chi connectivity index (χ2v) is 4.60. The molecule has 0 bridgehead atoms. The maximum Gasteiger partial charge on any atom is 0.449 e. The summed E-state index contributed by atoms with van der Waals surface area (Å²) in [5.41, 5.74) is 0.942. The molecule has 2 nitrogen and oxygen atoms in total. The third-order valence-electron chi connectivity index (χ3n) is 1.97. The van der Waals surface area contributed by atoms with Crippen LogP contribution in [0.25, 0.3) is 0 Å². The lowest BCUT2D eigenvalue weighted by molar-refractivity contribution is -0.125. The summed E-state index contributed by atoms with van der Waals surface area (Å²) in [6.45, 7) is 1.83. The smallest absolute Gasteiger partial charge is 0.449 e. The highest BCUT2D eigenvalue weighted by Crippen LogP contribution is 2.27. The summed E-state index contributed by atoms with van der Waals surface area (Å²) >= 11 is 0. The van der Waals surface area contributed by atoms with E-state index < -0.39 is 22.7 Å². The Hall–Kier alpha value is -1.30. The minimum absolute atomic E-state index is 0.300. The third kappa shape index (κ3) is 3.89. The van der Waals surface area contributed by atoms with Gasteiger partial charge in [0.15, 0.2) is 0 Å². The Morgan fingerprint density at radius 2 is 1.82 bits per heavy atom. The van der Waals surface area contributed by atoms with E-state index in [9.17, 15) is 17.4 Å². The summed E-state index contributed by atoms with van der Waals surface area (Å²) in [7, 11) is -0.981. The maximum absolute atomic E-state index is 12.3. The Bertz CT molecular complexity index is 435. The van der Waals surface area contributed by atoms with Crippen LogP contribution in [-0.2, 0) is 15.5 Å². The van der Waals surface area contributed by atoms with Crippen molar-refractivity contribution in [1.82, 2.24) is 0 Å². The molecule has 94 valence electrons. The first-order chi connectivity index (χ1) is 7.84. The molecular formula is C11H11F3O2S. The molecule has 1 aromatic carbocycles. The van der Waals surface area contributed by atoms with E-state index in [1.807, 2.05) is 6.92 Å². The summed E-state index contributed by atoms with van der Waals surface area (Å²) in [5.74, 6) is -1.25. The van der Waals surface area contributed by atoms with E-state index in [4.69, 9.17) is 0 Å². The highest BCUT2D eigenvalue weighted by atomic mass is 32.2. The highest BCUT2D eigenvalue weighted by Gasteiger charge is 2.35. The molecule has 6 heteroatoms. The number of allylic oxidation sites excluding steroid dienone is 1. The number of methoxy groups -OCH3 is 1. The third-order valence-corrected chi connectivity index (χ3v) is 3.13. The summed E-state index contributed by atoms with van der Waals surface area (Å²) < 4.78 is 52.8. The van der Waals surface area contributed by atoms with Crippen LogP contribution >= 0.6 is 0 Å². The number of rotatable bonds is 3. The molecule has 1 rings (SSSR count). The summed E-state index contributed by atoms with van der Waals surface area (Å²) in [4.78, 5) is 0.300. The predicted octanol–water partition coefficient (Wildman–Crippen LogP) is 3.15. The Morgan fingerprint density at radius 3 is 2.24 bits per heavy atom. The first kappa shape index (κ1) is 13.8. The van der Waals surface area contributed by atoms with E-state index in [0.717, 1.165) is 12.7 Å². The molecule has 0 N–H and O–H groups in total. The van der Waals surface area contributed by atoms with Crippen molar-refractivity contribution in [2.24, 2.45) is 0 Å². The summed E-state index contributed by atoms with van der Waals surface area (Å²) in [5, 5.41) is 0.560. The van der Waals surface area contributed by atoms with Crippen LogP contribution in [0.4, 0.5) is 13.2 Å². The van der Waals surface area contributed by atoms with E-state index in [0.29, 0.717) is 10.3 Å². The zero-order chi connectivity index (χ0) is 13.1. The zero-order valence-corrected chi connectivity index (χ0v) is 10.1. The Labute approximate surface area is 99.6 Å². The average molecular weight is 264 g/mol. The molecule has 0 heterocycles. The lowest BCUT2D eigenvalue weighted by atomic mass is 10.2. The van der Waals surface area contributed by atoms with E-state index in [1.165, 1.54) is 12.1 Å². The van der Waals surface area contributed by atoms with Crippen LogP contribution in [-0.4, -0.2) is 17.5 Å². The predicted molar refractivity (Wildman–Crippen MR) is 58.7 cm³/mol. The van der Waals surface area contributed by atoms with Gasteiger partial charge < -0.3 is 4.74 Å². The average Bonchev–Trinajstić information content (AvgIpc) is 2.24. The van der Waals surface area contributed by atoms with E-state index >= 15 is 0 Å². The zero-order valence-electron chi connectivity index (χ0n) is 9.25. The topological polar surface area (TPSA) is 26.3 Å². The first-order valence-corrected chi connectivity index (χ1v) is 5.86. The number of hydrogen-bond donors (Lipinski definition) is 0. The lowest BCUT2D eigenvalue weighted by Gasteiger charge is -2.09. The minimum Gasteiger partial charge on any atom is -0.492 e. The molecule has 0 spiro atoms. The monoisotopic (exact) mass is 264 g/mol. The molecule has 0 saturated heterocycles. The fraction of sp³-hybridized carbons (Fsp3) is 0.273. The van der Waals surface area contributed by atoms with Gasteiger partial charge in [-0.3, -0.25) is 0 Å². The second kappa shape index (κ2) is 5.35. The Kier molecular flexibility index (Phi) is 4.34. The first-order valence-electron chi connectivity index (χ1n) is 4.65. The van der Waals surface area contributed by atoms with Crippen LogP contribution in [0, 0.1) is 6.92 Å². The Balaban J connectivity index is 2.98. The van der Waals surface area contributed by atoms with Crippen molar-refractivity contribution < 1.29 is 22.1 Å². The van der Waals surface area contributed by atoms with Crippen molar-refractivity contribution in [3.05, 3.63) is 41.0 Å². The van der Waals surface area contributed by atoms with E-state index in [2.05, 4.69) is 4.74 Å².